The van der Waals surface area contributed by atoms with Crippen molar-refractivity contribution in [3.8, 4) is 28.4 Å². The number of fused-ring (bicyclic) bond motifs is 4. The summed E-state index contributed by atoms with van der Waals surface area (Å²) in [6.45, 7) is 4.60. The van der Waals surface area contributed by atoms with E-state index in [0.29, 0.717) is 5.56 Å². The first-order valence-corrected chi connectivity index (χ1v) is 13.7. The summed E-state index contributed by atoms with van der Waals surface area (Å²) in [5, 5.41) is 2.51. The molecule has 1 amide bonds. The van der Waals surface area contributed by atoms with Crippen LogP contribution < -0.4 is 14.2 Å². The zero-order valence-electron chi connectivity index (χ0n) is 22.3. The average Bonchev–Trinajstić information content (AvgIpc) is 2.88. The Balaban J connectivity index is 1.68. The SMILES string of the molecule is CC(C)(C)OC(=O)NC1=NC2(COC1)c1cc(OS(=O)(=O)C(F)(F)F)ccc1Oc1ccc(-c3cccnc3F)cc12. The van der Waals surface area contributed by atoms with Crippen LogP contribution in [0.4, 0.5) is 22.4 Å². The largest absolute Gasteiger partial charge is 0.534 e. The van der Waals surface area contributed by atoms with Crippen molar-refractivity contribution < 1.29 is 49.2 Å². The molecule has 0 saturated heterocycles. The number of amides is 1. The molecule has 1 spiro atoms. The maximum atomic E-state index is 14.6. The minimum absolute atomic E-state index is 0.00139. The lowest BCUT2D eigenvalue weighted by Gasteiger charge is -2.40. The fourth-order valence-corrected chi connectivity index (χ4v) is 4.92. The molecule has 1 unspecified atom stereocenters. The van der Waals surface area contributed by atoms with Gasteiger partial charge < -0.3 is 18.4 Å². The number of amidine groups is 1. The number of carbonyl (C=O) groups is 1. The highest BCUT2D eigenvalue weighted by molar-refractivity contribution is 7.88. The van der Waals surface area contributed by atoms with Crippen molar-refractivity contribution in [3.63, 3.8) is 0 Å². The predicted molar refractivity (Wildman–Crippen MR) is 140 cm³/mol. The Bertz CT molecular complexity index is 1700. The first kappa shape index (κ1) is 29.3. The van der Waals surface area contributed by atoms with E-state index >= 15 is 0 Å². The maximum Gasteiger partial charge on any atom is 0.534 e. The van der Waals surface area contributed by atoms with Crippen molar-refractivity contribution in [1.29, 1.82) is 0 Å². The third-order valence-corrected chi connectivity index (χ3v) is 7.10. The molecule has 2 aliphatic rings. The molecule has 3 aromatic rings. The lowest BCUT2D eigenvalue weighted by atomic mass is 9.79. The lowest BCUT2D eigenvalue weighted by molar-refractivity contribution is -0.0500. The van der Waals surface area contributed by atoms with Crippen molar-refractivity contribution in [1.82, 2.24) is 10.3 Å². The number of hydrogen-bond donors (Lipinski definition) is 1. The van der Waals surface area contributed by atoms with Gasteiger partial charge in [0.15, 0.2) is 0 Å². The third kappa shape index (κ3) is 5.61. The number of nitrogens with one attached hydrogen (secondary N) is 1. The molecule has 10 nitrogen and oxygen atoms in total. The van der Waals surface area contributed by atoms with Crippen LogP contribution in [0.5, 0.6) is 17.2 Å². The van der Waals surface area contributed by atoms with E-state index in [4.69, 9.17) is 19.2 Å². The molecule has 0 bridgehead atoms. The van der Waals surface area contributed by atoms with Gasteiger partial charge in [0.1, 0.15) is 40.8 Å². The molecule has 2 aromatic carbocycles. The highest BCUT2D eigenvalue weighted by Gasteiger charge is 2.50. The van der Waals surface area contributed by atoms with Gasteiger partial charge in [-0.3, -0.25) is 10.3 Å². The quantitative estimate of drug-likeness (QED) is 0.181. The van der Waals surface area contributed by atoms with E-state index in [1.165, 1.54) is 24.4 Å². The number of alkyl carbamates (subject to hydrolysis) is 1. The van der Waals surface area contributed by atoms with Gasteiger partial charge in [0.2, 0.25) is 5.95 Å². The molecule has 0 saturated carbocycles. The van der Waals surface area contributed by atoms with Gasteiger partial charge in [-0.2, -0.15) is 26.0 Å². The summed E-state index contributed by atoms with van der Waals surface area (Å²) in [6.07, 6.45) is 0.441. The van der Waals surface area contributed by atoms with E-state index in [0.717, 1.165) is 12.1 Å². The van der Waals surface area contributed by atoms with Gasteiger partial charge in [0.05, 0.1) is 6.61 Å². The van der Waals surface area contributed by atoms with E-state index in [-0.39, 0.29) is 47.2 Å². The molecule has 0 fully saturated rings. The summed E-state index contributed by atoms with van der Waals surface area (Å²) < 4.78 is 98.7. The number of halogens is 4. The Hall–Kier alpha value is -4.24. The third-order valence-electron chi connectivity index (χ3n) is 6.12. The Morgan fingerprint density at radius 2 is 1.74 bits per heavy atom. The molecule has 42 heavy (non-hydrogen) atoms. The fourth-order valence-electron chi connectivity index (χ4n) is 4.47. The number of aromatic nitrogens is 1. The number of rotatable bonds is 3. The zero-order valence-corrected chi connectivity index (χ0v) is 23.1. The Labute approximate surface area is 237 Å². The molecule has 2 aliphatic heterocycles. The van der Waals surface area contributed by atoms with E-state index < -0.39 is 44.6 Å². The summed E-state index contributed by atoms with van der Waals surface area (Å²) >= 11 is 0. The number of hydrogen-bond acceptors (Lipinski definition) is 9. The van der Waals surface area contributed by atoms with Gasteiger partial charge in [0.25, 0.3) is 0 Å². The minimum Gasteiger partial charge on any atom is -0.457 e. The first-order valence-electron chi connectivity index (χ1n) is 12.3. The summed E-state index contributed by atoms with van der Waals surface area (Å²) in [4.78, 5) is 20.9. The summed E-state index contributed by atoms with van der Waals surface area (Å²) in [6, 6.07) is 11.0. The van der Waals surface area contributed by atoms with E-state index in [1.54, 1.807) is 39.0 Å². The molecule has 1 N–H and O–H groups in total. The van der Waals surface area contributed by atoms with Crippen molar-refractivity contribution in [2.24, 2.45) is 4.99 Å². The second kappa shape index (κ2) is 10.2. The molecule has 3 heterocycles. The standard InChI is InChI=1S/C27H23F4N3O7S/c1-25(2,3)40-24(35)33-22-13-38-14-26(34-22)18-11-15(17-5-4-10-32-23(17)28)6-8-20(18)39-21-9-7-16(12-19(21)26)41-42(36,37)27(29,30)31/h4-12H,13-14H2,1-3H3,(H,33,34,35). The van der Waals surface area contributed by atoms with Gasteiger partial charge in [-0.15, -0.1) is 0 Å². The molecular formula is C27H23F4N3O7S. The van der Waals surface area contributed by atoms with Crippen LogP contribution in [0.3, 0.4) is 0 Å². The van der Waals surface area contributed by atoms with Crippen LogP contribution in [0.15, 0.2) is 59.7 Å². The molecule has 15 heteroatoms. The molecule has 1 aromatic heterocycles. The Morgan fingerprint density at radius 1 is 1.05 bits per heavy atom. The number of benzene rings is 2. The van der Waals surface area contributed by atoms with Crippen molar-refractivity contribution in [2.75, 3.05) is 13.2 Å². The van der Waals surface area contributed by atoms with Crippen molar-refractivity contribution in [2.45, 2.75) is 37.4 Å². The number of ether oxygens (including phenoxy) is 3. The summed E-state index contributed by atoms with van der Waals surface area (Å²) in [5.41, 5.74) is -7.27. The van der Waals surface area contributed by atoms with Crippen LogP contribution in [0, 0.1) is 5.95 Å². The topological polar surface area (TPSA) is 125 Å². The smallest absolute Gasteiger partial charge is 0.457 e. The van der Waals surface area contributed by atoms with Crippen LogP contribution >= 0.6 is 0 Å². The average molecular weight is 610 g/mol. The minimum atomic E-state index is -6.00. The molecule has 0 radical (unpaired) electrons. The maximum absolute atomic E-state index is 14.6. The van der Waals surface area contributed by atoms with Crippen LogP contribution in [0.25, 0.3) is 11.1 Å². The number of alkyl halides is 3. The second-order valence-electron chi connectivity index (χ2n) is 10.3. The molecule has 0 aliphatic carbocycles. The zero-order chi connectivity index (χ0) is 30.5. The normalized spacial score (nSPS) is 18.3. The monoisotopic (exact) mass is 609 g/mol. The van der Waals surface area contributed by atoms with E-state index in [2.05, 4.69) is 14.5 Å². The van der Waals surface area contributed by atoms with E-state index in [9.17, 15) is 30.8 Å². The number of aliphatic imine (C=N–C) groups is 1. The molecule has 222 valence electrons. The second-order valence-corrected chi connectivity index (χ2v) is 11.9. The highest BCUT2D eigenvalue weighted by atomic mass is 32.2. The van der Waals surface area contributed by atoms with Gasteiger partial charge in [-0.25, -0.2) is 9.78 Å². The van der Waals surface area contributed by atoms with Crippen LogP contribution in [-0.2, 0) is 25.1 Å². The van der Waals surface area contributed by atoms with E-state index in [1.807, 2.05) is 0 Å². The van der Waals surface area contributed by atoms with Gasteiger partial charge in [-0.05, 0) is 68.8 Å². The molecule has 5 rings (SSSR count). The van der Waals surface area contributed by atoms with Crippen LogP contribution in [0.1, 0.15) is 31.9 Å². The first-order chi connectivity index (χ1) is 19.6. The van der Waals surface area contributed by atoms with Crippen molar-refractivity contribution in [3.05, 3.63) is 71.8 Å². The predicted octanol–water partition coefficient (Wildman–Crippen LogP) is 5.42. The number of pyridine rings is 1. The Morgan fingerprint density at radius 3 is 2.40 bits per heavy atom. The fraction of sp³-hybridized carbons (Fsp3) is 0.296. The number of carbonyl (C=O) groups excluding carboxylic acids is 1. The summed E-state index contributed by atoms with van der Waals surface area (Å²) in [7, 11) is -6.00. The van der Waals surface area contributed by atoms with Gasteiger partial charge in [0, 0.05) is 22.9 Å². The number of nitrogens with zero attached hydrogens (tertiary/aromatic N) is 2. The lowest BCUT2D eigenvalue weighted by Crippen LogP contribution is -2.46. The van der Waals surface area contributed by atoms with Crippen LogP contribution in [0.2, 0.25) is 0 Å². The van der Waals surface area contributed by atoms with Crippen LogP contribution in [-0.4, -0.2) is 49.7 Å². The Kier molecular flexibility index (Phi) is 7.13. The van der Waals surface area contributed by atoms with Gasteiger partial charge in [-0.1, -0.05) is 6.07 Å². The van der Waals surface area contributed by atoms with Gasteiger partial charge >= 0.3 is 21.7 Å². The molecule has 1 atom stereocenters. The molecular weight excluding hydrogens is 586 g/mol. The van der Waals surface area contributed by atoms with Crippen molar-refractivity contribution >= 4 is 22.0 Å². The highest BCUT2D eigenvalue weighted by Crippen LogP contribution is 2.52. The summed E-state index contributed by atoms with van der Waals surface area (Å²) in [5.74, 6) is -1.08.